The van der Waals surface area contributed by atoms with Gasteiger partial charge in [-0.3, -0.25) is 14.9 Å². The zero-order valence-electron chi connectivity index (χ0n) is 10.9. The highest BCUT2D eigenvalue weighted by atomic mass is 32.2. The van der Waals surface area contributed by atoms with Gasteiger partial charge >= 0.3 is 0 Å². The molecule has 108 valence electrons. The Kier molecular flexibility index (Phi) is 4.84. The molecule has 1 aliphatic heterocycles. The minimum Gasteiger partial charge on any atom is -0.508 e. The zero-order valence-corrected chi connectivity index (χ0v) is 11.7. The third-order valence-electron chi connectivity index (χ3n) is 3.19. The van der Waals surface area contributed by atoms with Crippen LogP contribution in [-0.4, -0.2) is 33.5 Å². The van der Waals surface area contributed by atoms with Crippen molar-refractivity contribution in [3.8, 4) is 5.75 Å². The minimum absolute atomic E-state index is 0.101. The molecule has 1 aromatic rings. The van der Waals surface area contributed by atoms with Crippen LogP contribution in [0.4, 0.5) is 5.69 Å². The molecule has 20 heavy (non-hydrogen) atoms. The number of carbonyl (C=O) groups excluding carboxylic acids is 1. The van der Waals surface area contributed by atoms with Gasteiger partial charge < -0.3 is 10.4 Å². The molecule has 0 aromatic heterocycles. The molecule has 1 aromatic carbocycles. The second-order valence-electron chi connectivity index (χ2n) is 4.66. The third-order valence-corrected chi connectivity index (χ3v) is 4.58. The summed E-state index contributed by atoms with van der Waals surface area (Å²) in [5.41, 5.74) is -0.396. The van der Waals surface area contributed by atoms with E-state index in [2.05, 4.69) is 5.32 Å². The molecule has 1 amide bonds. The fourth-order valence-electron chi connectivity index (χ4n) is 2.14. The van der Waals surface area contributed by atoms with Crippen molar-refractivity contribution in [1.82, 2.24) is 5.32 Å². The topological polar surface area (TPSA) is 92.5 Å². The predicted molar refractivity (Wildman–Crippen MR) is 77.2 cm³/mol. The van der Waals surface area contributed by atoms with Crippen molar-refractivity contribution < 1.29 is 14.8 Å². The van der Waals surface area contributed by atoms with Crippen LogP contribution in [0.2, 0.25) is 0 Å². The van der Waals surface area contributed by atoms with Gasteiger partial charge in [0.15, 0.2) is 0 Å². The van der Waals surface area contributed by atoms with Crippen molar-refractivity contribution in [2.24, 2.45) is 0 Å². The molecule has 2 N–H and O–H groups in total. The van der Waals surface area contributed by atoms with Gasteiger partial charge in [-0.1, -0.05) is 6.42 Å². The van der Waals surface area contributed by atoms with Crippen LogP contribution >= 0.6 is 11.8 Å². The van der Waals surface area contributed by atoms with Crippen molar-refractivity contribution in [3.05, 3.63) is 33.9 Å². The summed E-state index contributed by atoms with van der Waals surface area (Å²) in [5.74, 6) is 0.416. The lowest BCUT2D eigenvalue weighted by Gasteiger charge is -2.21. The lowest BCUT2D eigenvalue weighted by atomic mass is 10.1. The van der Waals surface area contributed by atoms with E-state index in [0.29, 0.717) is 11.8 Å². The quantitative estimate of drug-likeness (QED) is 0.657. The van der Waals surface area contributed by atoms with Crippen LogP contribution in [0.1, 0.15) is 29.6 Å². The number of rotatable bonds is 4. The molecular weight excluding hydrogens is 280 g/mol. The number of nitro benzene ring substituents is 1. The summed E-state index contributed by atoms with van der Waals surface area (Å²) in [5, 5.41) is 23.3. The molecule has 1 saturated heterocycles. The number of carbonyl (C=O) groups is 1. The Morgan fingerprint density at radius 1 is 1.50 bits per heavy atom. The largest absolute Gasteiger partial charge is 0.508 e. The maximum absolute atomic E-state index is 12.0. The maximum Gasteiger partial charge on any atom is 0.282 e. The minimum atomic E-state index is -0.621. The number of amides is 1. The van der Waals surface area contributed by atoms with E-state index < -0.39 is 10.8 Å². The first-order valence-electron chi connectivity index (χ1n) is 6.45. The summed E-state index contributed by atoms with van der Waals surface area (Å²) in [6.07, 6.45) is 3.40. The van der Waals surface area contributed by atoms with Gasteiger partial charge in [0, 0.05) is 17.9 Å². The normalized spacial score (nSPS) is 18.5. The lowest BCUT2D eigenvalue weighted by molar-refractivity contribution is -0.385. The van der Waals surface area contributed by atoms with E-state index in [1.165, 1.54) is 12.5 Å². The first-order chi connectivity index (χ1) is 9.58. The number of thioether (sulfide) groups is 1. The predicted octanol–water partition coefficient (Wildman–Crippen LogP) is 2.32. The summed E-state index contributed by atoms with van der Waals surface area (Å²) >= 11 is 1.82. The third kappa shape index (κ3) is 3.63. The SMILES string of the molecule is O=C(NCC1CCCCS1)c1cc(O)ccc1[N+](=O)[O-]. The standard InChI is InChI=1S/C13H16N2O4S/c16-9-4-5-12(15(18)19)11(7-9)13(17)14-8-10-3-1-2-6-20-10/h4-5,7,10,16H,1-3,6,8H2,(H,14,17). The Labute approximate surface area is 120 Å². The van der Waals surface area contributed by atoms with Crippen LogP contribution in [0.25, 0.3) is 0 Å². The van der Waals surface area contributed by atoms with Crippen LogP contribution in [0.5, 0.6) is 5.75 Å². The number of aromatic hydroxyl groups is 1. The van der Waals surface area contributed by atoms with E-state index in [1.807, 2.05) is 11.8 Å². The second kappa shape index (κ2) is 6.60. The molecule has 7 heteroatoms. The van der Waals surface area contributed by atoms with Gasteiger partial charge in [0.05, 0.1) is 4.92 Å². The van der Waals surface area contributed by atoms with Crippen LogP contribution in [0, 0.1) is 10.1 Å². The Hall–Kier alpha value is -1.76. The first kappa shape index (κ1) is 14.6. The summed E-state index contributed by atoms with van der Waals surface area (Å²) in [4.78, 5) is 22.3. The van der Waals surface area contributed by atoms with Crippen molar-refractivity contribution in [2.75, 3.05) is 12.3 Å². The number of benzene rings is 1. The van der Waals surface area contributed by atoms with E-state index in [0.717, 1.165) is 30.7 Å². The Bertz CT molecular complexity index is 515. The maximum atomic E-state index is 12.0. The molecule has 1 atom stereocenters. The number of phenolic OH excluding ortho intramolecular Hbond substituents is 1. The highest BCUT2D eigenvalue weighted by molar-refractivity contribution is 7.99. The van der Waals surface area contributed by atoms with Gasteiger partial charge in [0.2, 0.25) is 0 Å². The van der Waals surface area contributed by atoms with E-state index in [-0.39, 0.29) is 17.0 Å². The summed E-state index contributed by atoms with van der Waals surface area (Å²) in [6.45, 7) is 0.496. The van der Waals surface area contributed by atoms with E-state index in [1.54, 1.807) is 0 Å². The lowest BCUT2D eigenvalue weighted by Crippen LogP contribution is -2.32. The molecule has 2 rings (SSSR count). The second-order valence-corrected chi connectivity index (χ2v) is 6.07. The average Bonchev–Trinajstić information content (AvgIpc) is 2.45. The van der Waals surface area contributed by atoms with Gasteiger partial charge in [-0.05, 0) is 30.7 Å². The van der Waals surface area contributed by atoms with Gasteiger partial charge in [-0.15, -0.1) is 0 Å². The summed E-state index contributed by atoms with van der Waals surface area (Å²) < 4.78 is 0. The molecule has 1 heterocycles. The van der Waals surface area contributed by atoms with Gasteiger partial charge in [-0.25, -0.2) is 0 Å². The summed E-state index contributed by atoms with van der Waals surface area (Å²) in [7, 11) is 0. The zero-order chi connectivity index (χ0) is 14.5. The molecule has 0 saturated carbocycles. The number of nitrogens with zero attached hydrogens (tertiary/aromatic N) is 1. The Morgan fingerprint density at radius 2 is 2.30 bits per heavy atom. The Morgan fingerprint density at radius 3 is 2.95 bits per heavy atom. The molecule has 0 aliphatic carbocycles. The van der Waals surface area contributed by atoms with Crippen molar-refractivity contribution in [3.63, 3.8) is 0 Å². The average molecular weight is 296 g/mol. The first-order valence-corrected chi connectivity index (χ1v) is 7.50. The number of hydrogen-bond donors (Lipinski definition) is 2. The fraction of sp³-hybridized carbons (Fsp3) is 0.462. The van der Waals surface area contributed by atoms with Gasteiger partial charge in [0.1, 0.15) is 11.3 Å². The van der Waals surface area contributed by atoms with Gasteiger partial charge in [0.25, 0.3) is 11.6 Å². The van der Waals surface area contributed by atoms with Crippen molar-refractivity contribution in [2.45, 2.75) is 24.5 Å². The Balaban J connectivity index is 2.04. The highest BCUT2D eigenvalue weighted by Crippen LogP contribution is 2.25. The number of nitrogens with one attached hydrogen (secondary N) is 1. The summed E-state index contributed by atoms with van der Waals surface area (Å²) in [6, 6.07) is 3.47. The molecule has 1 aliphatic rings. The molecule has 0 bridgehead atoms. The van der Waals surface area contributed by atoms with Crippen LogP contribution < -0.4 is 5.32 Å². The monoisotopic (exact) mass is 296 g/mol. The smallest absolute Gasteiger partial charge is 0.282 e. The van der Waals surface area contributed by atoms with E-state index in [9.17, 15) is 20.0 Å². The number of hydrogen-bond acceptors (Lipinski definition) is 5. The molecule has 0 radical (unpaired) electrons. The number of nitro groups is 1. The van der Waals surface area contributed by atoms with Crippen molar-refractivity contribution >= 4 is 23.4 Å². The molecule has 0 spiro atoms. The van der Waals surface area contributed by atoms with Crippen LogP contribution in [-0.2, 0) is 0 Å². The van der Waals surface area contributed by atoms with Crippen LogP contribution in [0.15, 0.2) is 18.2 Å². The fourth-order valence-corrected chi connectivity index (χ4v) is 3.37. The highest BCUT2D eigenvalue weighted by Gasteiger charge is 2.22. The van der Waals surface area contributed by atoms with Crippen molar-refractivity contribution in [1.29, 1.82) is 0 Å². The molecule has 6 nitrogen and oxygen atoms in total. The molecule has 1 fully saturated rings. The van der Waals surface area contributed by atoms with E-state index in [4.69, 9.17) is 0 Å². The van der Waals surface area contributed by atoms with Crippen LogP contribution in [0.3, 0.4) is 0 Å². The number of phenols is 1. The molecule has 1 unspecified atom stereocenters. The molecular formula is C13H16N2O4S. The van der Waals surface area contributed by atoms with E-state index >= 15 is 0 Å². The van der Waals surface area contributed by atoms with Gasteiger partial charge in [-0.2, -0.15) is 11.8 Å².